The van der Waals surface area contributed by atoms with E-state index >= 15 is 0 Å². The lowest BCUT2D eigenvalue weighted by Gasteiger charge is -2.13. The number of aryl methyl sites for hydroxylation is 1. The first-order valence-electron chi connectivity index (χ1n) is 6.53. The van der Waals surface area contributed by atoms with E-state index in [2.05, 4.69) is 25.1 Å². The number of halogens is 1. The fourth-order valence-corrected chi connectivity index (χ4v) is 2.29. The van der Waals surface area contributed by atoms with Crippen molar-refractivity contribution in [1.29, 1.82) is 0 Å². The van der Waals surface area contributed by atoms with Crippen LogP contribution in [-0.4, -0.2) is 6.10 Å². The van der Waals surface area contributed by atoms with Crippen molar-refractivity contribution >= 4 is 11.6 Å². The first-order chi connectivity index (χ1) is 9.06. The topological polar surface area (TPSA) is 9.23 Å². The molecule has 0 aliphatic carbocycles. The molecule has 0 bridgehead atoms. The van der Waals surface area contributed by atoms with Crippen LogP contribution in [0.2, 0.25) is 0 Å². The third kappa shape index (κ3) is 3.74. The van der Waals surface area contributed by atoms with Gasteiger partial charge in [0.15, 0.2) is 0 Å². The summed E-state index contributed by atoms with van der Waals surface area (Å²) in [6.07, 6.45) is 0.189. The van der Waals surface area contributed by atoms with E-state index in [1.807, 2.05) is 44.2 Å². The predicted molar refractivity (Wildman–Crippen MR) is 81.1 cm³/mol. The molecule has 0 aliphatic rings. The van der Waals surface area contributed by atoms with Crippen LogP contribution in [0.5, 0.6) is 5.75 Å². The van der Waals surface area contributed by atoms with E-state index in [0.29, 0.717) is 0 Å². The summed E-state index contributed by atoms with van der Waals surface area (Å²) in [7, 11) is 0. The number of benzene rings is 2. The Kier molecular flexibility index (Phi) is 4.49. The second-order valence-corrected chi connectivity index (χ2v) is 5.45. The molecule has 0 radical (unpaired) electrons. The van der Waals surface area contributed by atoms with Crippen molar-refractivity contribution in [2.45, 2.75) is 32.3 Å². The van der Waals surface area contributed by atoms with Gasteiger partial charge in [-0.2, -0.15) is 0 Å². The van der Waals surface area contributed by atoms with Crippen molar-refractivity contribution in [2.75, 3.05) is 0 Å². The minimum absolute atomic E-state index is 0.118. The number of hydrogen-bond acceptors (Lipinski definition) is 1. The Bertz CT molecular complexity index is 531. The Morgan fingerprint density at radius 2 is 1.63 bits per heavy atom. The monoisotopic (exact) mass is 274 g/mol. The Hall–Kier alpha value is -1.47. The van der Waals surface area contributed by atoms with E-state index in [9.17, 15) is 0 Å². The second kappa shape index (κ2) is 6.12. The van der Waals surface area contributed by atoms with Crippen molar-refractivity contribution in [1.82, 2.24) is 0 Å². The Morgan fingerprint density at radius 3 is 2.21 bits per heavy atom. The average Bonchev–Trinajstić information content (AvgIpc) is 2.38. The zero-order valence-electron chi connectivity index (χ0n) is 11.6. The summed E-state index contributed by atoms with van der Waals surface area (Å²) in [4.78, 5) is 0. The molecule has 1 unspecified atom stereocenters. The van der Waals surface area contributed by atoms with Crippen LogP contribution < -0.4 is 4.74 Å². The first kappa shape index (κ1) is 14.0. The van der Waals surface area contributed by atoms with Crippen LogP contribution in [0.4, 0.5) is 0 Å². The smallest absolute Gasteiger partial charge is 0.119 e. The van der Waals surface area contributed by atoms with Crippen LogP contribution in [0.15, 0.2) is 48.5 Å². The third-order valence-corrected chi connectivity index (χ3v) is 3.38. The average molecular weight is 275 g/mol. The van der Waals surface area contributed by atoms with Crippen LogP contribution in [0.1, 0.15) is 35.9 Å². The minimum Gasteiger partial charge on any atom is -0.491 e. The number of alkyl halides is 1. The molecule has 0 fully saturated rings. The lowest BCUT2D eigenvalue weighted by molar-refractivity contribution is 0.242. The van der Waals surface area contributed by atoms with Gasteiger partial charge in [-0.15, -0.1) is 11.6 Å². The molecule has 2 heteroatoms. The summed E-state index contributed by atoms with van der Waals surface area (Å²) < 4.78 is 5.63. The molecule has 2 aromatic carbocycles. The van der Waals surface area contributed by atoms with Gasteiger partial charge in [-0.05, 0) is 44.0 Å². The Balaban J connectivity index is 2.17. The molecule has 0 saturated carbocycles. The zero-order valence-corrected chi connectivity index (χ0v) is 12.3. The lowest BCUT2D eigenvalue weighted by Crippen LogP contribution is -2.05. The molecule has 0 N–H and O–H groups in total. The summed E-state index contributed by atoms with van der Waals surface area (Å²) in [5, 5.41) is -0.118. The molecule has 0 aliphatic heterocycles. The van der Waals surface area contributed by atoms with Crippen molar-refractivity contribution in [3.05, 3.63) is 65.2 Å². The summed E-state index contributed by atoms with van der Waals surface area (Å²) in [6.45, 7) is 6.11. The van der Waals surface area contributed by atoms with Gasteiger partial charge in [0.25, 0.3) is 0 Å². The van der Waals surface area contributed by atoms with Gasteiger partial charge in [0.1, 0.15) is 5.75 Å². The maximum absolute atomic E-state index is 6.52. The van der Waals surface area contributed by atoms with Gasteiger partial charge in [-0.25, -0.2) is 0 Å². The van der Waals surface area contributed by atoms with E-state index in [1.165, 1.54) is 5.56 Å². The summed E-state index contributed by atoms with van der Waals surface area (Å²) in [5.41, 5.74) is 3.44. The molecule has 0 heterocycles. The fraction of sp³-hybridized carbons (Fsp3) is 0.294. The molecule has 0 spiro atoms. The van der Waals surface area contributed by atoms with Crippen LogP contribution in [-0.2, 0) is 0 Å². The summed E-state index contributed by atoms with van der Waals surface area (Å²) >= 11 is 6.52. The molecule has 0 aromatic heterocycles. The highest BCUT2D eigenvalue weighted by Crippen LogP contribution is 2.30. The predicted octanol–water partition coefficient (Wildman–Crippen LogP) is 5.11. The minimum atomic E-state index is -0.118. The zero-order chi connectivity index (χ0) is 13.8. The maximum atomic E-state index is 6.52. The first-order valence-corrected chi connectivity index (χ1v) is 6.97. The molecule has 1 nitrogen and oxygen atoms in total. The molecule has 1 atom stereocenters. The van der Waals surface area contributed by atoms with Crippen LogP contribution in [0.25, 0.3) is 0 Å². The van der Waals surface area contributed by atoms with Gasteiger partial charge in [0.2, 0.25) is 0 Å². The van der Waals surface area contributed by atoms with E-state index < -0.39 is 0 Å². The van der Waals surface area contributed by atoms with Crippen LogP contribution >= 0.6 is 11.6 Å². The van der Waals surface area contributed by atoms with Gasteiger partial charge in [-0.1, -0.05) is 42.0 Å². The van der Waals surface area contributed by atoms with E-state index in [1.54, 1.807) is 0 Å². The lowest BCUT2D eigenvalue weighted by atomic mass is 10.0. The van der Waals surface area contributed by atoms with Crippen LogP contribution in [0.3, 0.4) is 0 Å². The van der Waals surface area contributed by atoms with E-state index in [0.717, 1.165) is 16.9 Å². The largest absolute Gasteiger partial charge is 0.491 e. The van der Waals surface area contributed by atoms with Crippen molar-refractivity contribution in [3.63, 3.8) is 0 Å². The van der Waals surface area contributed by atoms with Gasteiger partial charge in [0, 0.05) is 0 Å². The van der Waals surface area contributed by atoms with E-state index in [-0.39, 0.29) is 11.5 Å². The Labute approximate surface area is 120 Å². The molecular weight excluding hydrogens is 256 g/mol. The normalized spacial score (nSPS) is 12.5. The second-order valence-electron chi connectivity index (χ2n) is 5.01. The van der Waals surface area contributed by atoms with Gasteiger partial charge < -0.3 is 4.74 Å². The molecular formula is C17H19ClO. The highest BCUT2D eigenvalue weighted by atomic mass is 35.5. The molecule has 0 amide bonds. The number of rotatable bonds is 4. The molecule has 19 heavy (non-hydrogen) atoms. The quantitative estimate of drug-likeness (QED) is 0.704. The maximum Gasteiger partial charge on any atom is 0.119 e. The highest BCUT2D eigenvalue weighted by molar-refractivity contribution is 6.22. The van der Waals surface area contributed by atoms with Crippen LogP contribution in [0, 0.1) is 6.92 Å². The molecule has 2 rings (SSSR count). The number of ether oxygens (including phenoxy) is 1. The fourth-order valence-electron chi connectivity index (χ4n) is 2.01. The standard InChI is InChI=1S/C17H19ClO/c1-12(2)19-16-9-7-14(8-10-16)17(18)15-6-4-5-13(3)11-15/h4-12,17H,1-3H3. The molecule has 0 saturated heterocycles. The number of hydrogen-bond donors (Lipinski definition) is 0. The van der Waals surface area contributed by atoms with Crippen molar-refractivity contribution in [2.24, 2.45) is 0 Å². The highest BCUT2D eigenvalue weighted by Gasteiger charge is 2.11. The molecule has 100 valence electrons. The summed E-state index contributed by atoms with van der Waals surface area (Å²) in [5.74, 6) is 0.881. The van der Waals surface area contributed by atoms with Crippen molar-refractivity contribution in [3.8, 4) is 5.75 Å². The SMILES string of the molecule is Cc1cccc(C(Cl)c2ccc(OC(C)C)cc2)c1. The van der Waals surface area contributed by atoms with Gasteiger partial charge in [-0.3, -0.25) is 0 Å². The third-order valence-electron chi connectivity index (χ3n) is 2.88. The summed E-state index contributed by atoms with van der Waals surface area (Å²) in [6, 6.07) is 16.3. The van der Waals surface area contributed by atoms with Crippen molar-refractivity contribution < 1.29 is 4.74 Å². The van der Waals surface area contributed by atoms with Gasteiger partial charge >= 0.3 is 0 Å². The van der Waals surface area contributed by atoms with Gasteiger partial charge in [0.05, 0.1) is 11.5 Å². The van der Waals surface area contributed by atoms with E-state index in [4.69, 9.17) is 16.3 Å². The Morgan fingerprint density at radius 1 is 0.947 bits per heavy atom. The molecule has 2 aromatic rings.